The fourth-order valence-corrected chi connectivity index (χ4v) is 2.91. The Morgan fingerprint density at radius 2 is 2.28 bits per heavy atom. The van der Waals surface area contributed by atoms with Crippen LogP contribution >= 0.6 is 27.3 Å². The van der Waals surface area contributed by atoms with Crippen LogP contribution < -0.4 is 5.32 Å². The van der Waals surface area contributed by atoms with Gasteiger partial charge in [-0.15, -0.1) is 11.3 Å². The average Bonchev–Trinajstić information content (AvgIpc) is 3.08. The Labute approximate surface area is 117 Å². The molecule has 0 unspecified atom stereocenters. The van der Waals surface area contributed by atoms with Crippen molar-refractivity contribution in [3.63, 3.8) is 0 Å². The second-order valence-electron chi connectivity index (χ2n) is 4.42. The molecule has 1 fully saturated rings. The lowest BCUT2D eigenvalue weighted by molar-refractivity contribution is 0.630. The molecule has 1 heterocycles. The summed E-state index contributed by atoms with van der Waals surface area (Å²) in [7, 11) is 0. The van der Waals surface area contributed by atoms with E-state index in [2.05, 4.69) is 26.2 Å². The molecule has 1 aromatic heterocycles. The zero-order chi connectivity index (χ0) is 12.5. The topological polar surface area (TPSA) is 24.9 Å². The summed E-state index contributed by atoms with van der Waals surface area (Å²) >= 11 is 4.84. The average molecular weight is 327 g/mol. The highest BCUT2D eigenvalue weighted by molar-refractivity contribution is 9.10. The number of rotatable bonds is 4. The van der Waals surface area contributed by atoms with Gasteiger partial charge in [0.2, 0.25) is 0 Å². The van der Waals surface area contributed by atoms with Crippen molar-refractivity contribution in [3.05, 3.63) is 39.6 Å². The van der Waals surface area contributed by atoms with Crippen LogP contribution in [0.1, 0.15) is 18.5 Å². The molecule has 1 N–H and O–H groups in total. The van der Waals surface area contributed by atoms with Crippen molar-refractivity contribution in [1.29, 1.82) is 0 Å². The van der Waals surface area contributed by atoms with Crippen molar-refractivity contribution in [2.45, 2.75) is 25.4 Å². The van der Waals surface area contributed by atoms with Crippen LogP contribution in [0.25, 0.3) is 10.6 Å². The van der Waals surface area contributed by atoms with E-state index in [1.165, 1.54) is 30.2 Å². The molecule has 1 saturated carbocycles. The van der Waals surface area contributed by atoms with Crippen LogP contribution in [0.5, 0.6) is 0 Å². The van der Waals surface area contributed by atoms with Crippen LogP contribution in [-0.4, -0.2) is 11.0 Å². The molecular formula is C13H12BrFN2S. The first kappa shape index (κ1) is 12.3. The van der Waals surface area contributed by atoms with Gasteiger partial charge in [-0.2, -0.15) is 0 Å². The molecule has 18 heavy (non-hydrogen) atoms. The van der Waals surface area contributed by atoms with E-state index in [0.29, 0.717) is 11.6 Å². The van der Waals surface area contributed by atoms with Crippen molar-refractivity contribution >= 4 is 27.3 Å². The van der Waals surface area contributed by atoms with E-state index in [1.807, 2.05) is 5.38 Å². The van der Waals surface area contributed by atoms with Crippen LogP contribution in [0.15, 0.2) is 28.1 Å². The molecular weight excluding hydrogens is 315 g/mol. The quantitative estimate of drug-likeness (QED) is 0.919. The Morgan fingerprint density at radius 1 is 1.44 bits per heavy atom. The normalized spacial score (nSPS) is 15.0. The van der Waals surface area contributed by atoms with Gasteiger partial charge >= 0.3 is 0 Å². The summed E-state index contributed by atoms with van der Waals surface area (Å²) in [5.74, 6) is -0.228. The first-order valence-corrected chi connectivity index (χ1v) is 7.53. The SMILES string of the molecule is Fc1ccc(Br)cc1-c1nc(CNC2CC2)cs1. The molecule has 1 aromatic carbocycles. The van der Waals surface area contributed by atoms with E-state index in [-0.39, 0.29) is 5.82 Å². The Kier molecular flexibility index (Phi) is 3.46. The Bertz CT molecular complexity index is 566. The fraction of sp³-hybridized carbons (Fsp3) is 0.308. The van der Waals surface area contributed by atoms with E-state index in [4.69, 9.17) is 0 Å². The van der Waals surface area contributed by atoms with Crippen molar-refractivity contribution in [2.24, 2.45) is 0 Å². The molecule has 5 heteroatoms. The summed E-state index contributed by atoms with van der Waals surface area (Å²) in [6.07, 6.45) is 2.52. The van der Waals surface area contributed by atoms with Gasteiger partial charge in [0.15, 0.2) is 0 Å². The number of nitrogens with zero attached hydrogens (tertiary/aromatic N) is 1. The Morgan fingerprint density at radius 3 is 3.06 bits per heavy atom. The molecule has 2 nitrogen and oxygen atoms in total. The van der Waals surface area contributed by atoms with E-state index in [1.54, 1.807) is 12.1 Å². The van der Waals surface area contributed by atoms with Gasteiger partial charge in [-0.3, -0.25) is 0 Å². The smallest absolute Gasteiger partial charge is 0.133 e. The molecule has 1 aliphatic carbocycles. The summed E-state index contributed by atoms with van der Waals surface area (Å²) < 4.78 is 14.6. The van der Waals surface area contributed by atoms with Gasteiger partial charge in [-0.1, -0.05) is 15.9 Å². The second-order valence-corrected chi connectivity index (χ2v) is 6.20. The predicted molar refractivity (Wildman–Crippen MR) is 75.1 cm³/mol. The molecule has 2 aromatic rings. The summed E-state index contributed by atoms with van der Waals surface area (Å²) in [5, 5.41) is 6.13. The van der Waals surface area contributed by atoms with E-state index in [0.717, 1.165) is 21.7 Å². The van der Waals surface area contributed by atoms with Gasteiger partial charge in [0.1, 0.15) is 10.8 Å². The molecule has 0 aliphatic heterocycles. The lowest BCUT2D eigenvalue weighted by Crippen LogP contribution is -2.15. The third-order valence-electron chi connectivity index (χ3n) is 2.86. The molecule has 0 amide bonds. The van der Waals surface area contributed by atoms with Crippen LogP contribution in [0.2, 0.25) is 0 Å². The van der Waals surface area contributed by atoms with Crippen LogP contribution in [0.3, 0.4) is 0 Å². The third-order valence-corrected chi connectivity index (χ3v) is 4.28. The Balaban J connectivity index is 1.80. The number of benzene rings is 1. The van der Waals surface area contributed by atoms with Gasteiger partial charge in [0.05, 0.1) is 5.69 Å². The number of nitrogens with one attached hydrogen (secondary N) is 1. The first-order chi connectivity index (χ1) is 8.72. The molecule has 94 valence electrons. The molecule has 3 rings (SSSR count). The lowest BCUT2D eigenvalue weighted by Gasteiger charge is -2.00. The summed E-state index contributed by atoms with van der Waals surface area (Å²) in [6.45, 7) is 0.775. The molecule has 0 saturated heterocycles. The highest BCUT2D eigenvalue weighted by Gasteiger charge is 2.20. The van der Waals surface area contributed by atoms with Crippen molar-refractivity contribution in [3.8, 4) is 10.6 Å². The monoisotopic (exact) mass is 326 g/mol. The summed E-state index contributed by atoms with van der Waals surface area (Å²) in [4.78, 5) is 4.48. The summed E-state index contributed by atoms with van der Waals surface area (Å²) in [6, 6.07) is 5.59. The molecule has 0 bridgehead atoms. The lowest BCUT2D eigenvalue weighted by atomic mass is 10.2. The maximum atomic E-state index is 13.7. The molecule has 0 spiro atoms. The number of thiazole rings is 1. The minimum Gasteiger partial charge on any atom is -0.308 e. The van der Waals surface area contributed by atoms with Gasteiger partial charge in [-0.25, -0.2) is 9.37 Å². The van der Waals surface area contributed by atoms with E-state index >= 15 is 0 Å². The second kappa shape index (κ2) is 5.07. The van der Waals surface area contributed by atoms with Gasteiger partial charge in [0.25, 0.3) is 0 Å². The zero-order valence-corrected chi connectivity index (χ0v) is 12.0. The van der Waals surface area contributed by atoms with Crippen molar-refractivity contribution < 1.29 is 4.39 Å². The number of hydrogen-bond acceptors (Lipinski definition) is 3. The molecule has 0 radical (unpaired) electrons. The maximum Gasteiger partial charge on any atom is 0.133 e. The standard InChI is InChI=1S/C13H12BrFN2S/c14-8-1-4-12(15)11(5-8)13-17-10(7-18-13)6-16-9-2-3-9/h1,4-5,7,9,16H,2-3,6H2. The highest BCUT2D eigenvalue weighted by Crippen LogP contribution is 2.29. The number of halogens is 2. The molecule has 1 aliphatic rings. The van der Waals surface area contributed by atoms with Crippen LogP contribution in [0, 0.1) is 5.82 Å². The number of hydrogen-bond donors (Lipinski definition) is 1. The first-order valence-electron chi connectivity index (χ1n) is 5.85. The van der Waals surface area contributed by atoms with Gasteiger partial charge < -0.3 is 5.32 Å². The third kappa shape index (κ3) is 2.79. The highest BCUT2D eigenvalue weighted by atomic mass is 79.9. The fourth-order valence-electron chi connectivity index (χ4n) is 1.71. The van der Waals surface area contributed by atoms with E-state index in [9.17, 15) is 4.39 Å². The summed E-state index contributed by atoms with van der Waals surface area (Å²) in [5.41, 5.74) is 1.55. The minimum absolute atomic E-state index is 0.228. The van der Waals surface area contributed by atoms with Crippen molar-refractivity contribution in [1.82, 2.24) is 10.3 Å². The largest absolute Gasteiger partial charge is 0.308 e. The molecule has 0 atom stereocenters. The predicted octanol–water partition coefficient (Wildman–Crippen LogP) is 3.96. The van der Waals surface area contributed by atoms with Gasteiger partial charge in [-0.05, 0) is 31.0 Å². The zero-order valence-electron chi connectivity index (χ0n) is 9.62. The Hall–Kier alpha value is -0.780. The van der Waals surface area contributed by atoms with Crippen molar-refractivity contribution in [2.75, 3.05) is 0 Å². The van der Waals surface area contributed by atoms with Gasteiger partial charge in [0, 0.05) is 28.0 Å². The van der Waals surface area contributed by atoms with E-state index < -0.39 is 0 Å². The minimum atomic E-state index is -0.228. The maximum absolute atomic E-state index is 13.7. The van der Waals surface area contributed by atoms with Crippen LogP contribution in [-0.2, 0) is 6.54 Å². The van der Waals surface area contributed by atoms with Crippen LogP contribution in [0.4, 0.5) is 4.39 Å². The number of aromatic nitrogens is 1.